The zero-order chi connectivity index (χ0) is 26.6. The summed E-state index contributed by atoms with van der Waals surface area (Å²) in [5, 5.41) is 26.3. The highest BCUT2D eigenvalue weighted by atomic mass is 16.5. The van der Waals surface area contributed by atoms with E-state index in [-0.39, 0.29) is 5.91 Å². The Bertz CT molecular complexity index is 1670. The molecule has 0 atom stereocenters. The van der Waals surface area contributed by atoms with Crippen molar-refractivity contribution in [3.8, 4) is 22.6 Å². The zero-order valence-electron chi connectivity index (χ0n) is 21.8. The lowest BCUT2D eigenvalue weighted by Gasteiger charge is -2.16. The van der Waals surface area contributed by atoms with Gasteiger partial charge < -0.3 is 14.9 Å². The van der Waals surface area contributed by atoms with E-state index in [4.69, 9.17) is 4.52 Å². The van der Waals surface area contributed by atoms with E-state index in [0.29, 0.717) is 40.7 Å². The van der Waals surface area contributed by atoms with Gasteiger partial charge in [0.05, 0.1) is 40.8 Å². The van der Waals surface area contributed by atoms with Crippen molar-refractivity contribution in [1.82, 2.24) is 29.5 Å². The lowest BCUT2D eigenvalue weighted by Crippen LogP contribution is -2.26. The predicted octanol–water partition coefficient (Wildman–Crippen LogP) is 4.77. The van der Waals surface area contributed by atoms with Gasteiger partial charge in [0, 0.05) is 41.8 Å². The summed E-state index contributed by atoms with van der Waals surface area (Å²) < 4.78 is 8.93. The summed E-state index contributed by atoms with van der Waals surface area (Å²) in [5.41, 5.74) is 5.95. The van der Waals surface area contributed by atoms with Gasteiger partial charge in [-0.15, -0.1) is 0 Å². The molecule has 0 radical (unpaired) electrons. The number of hydrogen-bond donors (Lipinski definition) is 2. The SMILES string of the molecule is Cc1cnc(-c2cc(C3CC3)no2)cc1NC(=O)c1cnn2ccc(-c3cn(CC(C)(C)O)nc3C)cc12. The summed E-state index contributed by atoms with van der Waals surface area (Å²) in [6, 6.07) is 7.60. The molecule has 5 aromatic heterocycles. The Labute approximate surface area is 219 Å². The fourth-order valence-corrected chi connectivity index (χ4v) is 4.57. The molecule has 0 aliphatic heterocycles. The zero-order valence-corrected chi connectivity index (χ0v) is 21.8. The Morgan fingerprint density at radius 1 is 1.21 bits per heavy atom. The van der Waals surface area contributed by atoms with Crippen LogP contribution >= 0.6 is 0 Å². The molecule has 1 aliphatic carbocycles. The number of nitrogens with one attached hydrogen (secondary N) is 1. The Morgan fingerprint density at radius 2 is 2.03 bits per heavy atom. The lowest BCUT2D eigenvalue weighted by molar-refractivity contribution is 0.0577. The minimum absolute atomic E-state index is 0.275. The minimum atomic E-state index is -0.881. The Morgan fingerprint density at radius 3 is 2.79 bits per heavy atom. The molecule has 1 aliphatic rings. The fraction of sp³-hybridized carbons (Fsp3) is 0.321. The number of carbonyl (C=O) groups is 1. The fourth-order valence-electron chi connectivity index (χ4n) is 4.57. The second-order valence-corrected chi connectivity index (χ2v) is 10.7. The van der Waals surface area contributed by atoms with Crippen LogP contribution in [0.2, 0.25) is 0 Å². The van der Waals surface area contributed by atoms with E-state index in [9.17, 15) is 9.90 Å². The van der Waals surface area contributed by atoms with Crippen LogP contribution in [0.4, 0.5) is 5.69 Å². The summed E-state index contributed by atoms with van der Waals surface area (Å²) in [6.45, 7) is 7.69. The topological polar surface area (TPSA) is 123 Å². The number of fused-ring (bicyclic) bond motifs is 1. The highest BCUT2D eigenvalue weighted by Crippen LogP contribution is 2.40. The summed E-state index contributed by atoms with van der Waals surface area (Å²) >= 11 is 0. The normalized spacial score (nSPS) is 13.8. The molecule has 2 N–H and O–H groups in total. The van der Waals surface area contributed by atoms with Crippen LogP contribution < -0.4 is 5.32 Å². The number of aryl methyl sites for hydroxylation is 2. The summed E-state index contributed by atoms with van der Waals surface area (Å²) in [5.74, 6) is 0.795. The molecule has 0 spiro atoms. The molecule has 5 aromatic rings. The number of pyridine rings is 2. The molecule has 0 bridgehead atoms. The highest BCUT2D eigenvalue weighted by molar-refractivity contribution is 6.09. The summed E-state index contributed by atoms with van der Waals surface area (Å²) in [4.78, 5) is 17.9. The van der Waals surface area contributed by atoms with Gasteiger partial charge in [0.1, 0.15) is 5.69 Å². The van der Waals surface area contributed by atoms with Gasteiger partial charge in [-0.25, -0.2) is 4.52 Å². The van der Waals surface area contributed by atoms with Gasteiger partial charge >= 0.3 is 0 Å². The van der Waals surface area contributed by atoms with E-state index in [1.165, 1.54) is 0 Å². The van der Waals surface area contributed by atoms with Gasteiger partial charge in [-0.2, -0.15) is 10.2 Å². The Hall–Kier alpha value is -4.31. The first-order chi connectivity index (χ1) is 18.1. The quantitative estimate of drug-likeness (QED) is 0.323. The monoisotopic (exact) mass is 511 g/mol. The largest absolute Gasteiger partial charge is 0.389 e. The molecule has 0 unspecified atom stereocenters. The number of aromatic nitrogens is 6. The van der Waals surface area contributed by atoms with Crippen molar-refractivity contribution in [2.24, 2.45) is 0 Å². The summed E-state index contributed by atoms with van der Waals surface area (Å²) in [6.07, 6.45) is 9.29. The van der Waals surface area contributed by atoms with Gasteiger partial charge in [0.15, 0.2) is 5.76 Å². The average Bonchev–Trinajstić information content (AvgIpc) is 3.27. The van der Waals surface area contributed by atoms with Crippen LogP contribution in [-0.4, -0.2) is 46.1 Å². The van der Waals surface area contributed by atoms with Crippen LogP contribution in [0.3, 0.4) is 0 Å². The number of anilines is 1. The molecule has 5 heterocycles. The number of nitrogens with zero attached hydrogens (tertiary/aromatic N) is 6. The van der Waals surface area contributed by atoms with Gasteiger partial charge in [-0.1, -0.05) is 5.16 Å². The smallest absolute Gasteiger partial charge is 0.259 e. The first kappa shape index (κ1) is 24.1. The maximum Gasteiger partial charge on any atom is 0.259 e. The van der Waals surface area contributed by atoms with Crippen molar-refractivity contribution in [3.05, 3.63) is 71.6 Å². The third kappa shape index (κ3) is 4.70. The molecular formula is C28H29N7O3. The van der Waals surface area contributed by atoms with Crippen LogP contribution in [0.15, 0.2) is 53.6 Å². The summed E-state index contributed by atoms with van der Waals surface area (Å²) in [7, 11) is 0. The predicted molar refractivity (Wildman–Crippen MR) is 142 cm³/mol. The standard InChI is InChI=1S/C28H29N7O3/c1-16-12-29-24(26-11-23(33-38-26)18-5-6-18)10-22(16)31-27(36)20-13-30-35-8-7-19(9-25(20)35)21-14-34(32-17(21)2)15-28(3,4)37/h7-14,18,37H,5-6,15H2,1-4H3,(H,29,31,36). The highest BCUT2D eigenvalue weighted by Gasteiger charge is 2.27. The molecule has 10 heteroatoms. The third-order valence-corrected chi connectivity index (χ3v) is 6.70. The Kier molecular flexibility index (Phi) is 5.64. The number of amides is 1. The van der Waals surface area contributed by atoms with Crippen LogP contribution in [0, 0.1) is 13.8 Å². The molecule has 10 nitrogen and oxygen atoms in total. The second kappa shape index (κ2) is 8.91. The van der Waals surface area contributed by atoms with Gasteiger partial charge in [-0.3, -0.25) is 14.5 Å². The molecular weight excluding hydrogens is 482 g/mol. The number of hydrogen-bond acceptors (Lipinski definition) is 7. The first-order valence-corrected chi connectivity index (χ1v) is 12.6. The van der Waals surface area contributed by atoms with E-state index in [1.54, 1.807) is 35.4 Å². The number of rotatable bonds is 7. The van der Waals surface area contributed by atoms with Crippen molar-refractivity contribution >= 4 is 17.1 Å². The third-order valence-electron chi connectivity index (χ3n) is 6.70. The van der Waals surface area contributed by atoms with Crippen LogP contribution in [0.5, 0.6) is 0 Å². The minimum Gasteiger partial charge on any atom is -0.389 e. The van der Waals surface area contributed by atoms with Crippen molar-refractivity contribution in [1.29, 1.82) is 0 Å². The Balaban J connectivity index is 1.28. The molecule has 0 aromatic carbocycles. The van der Waals surface area contributed by atoms with Crippen molar-refractivity contribution in [2.75, 3.05) is 5.32 Å². The van der Waals surface area contributed by atoms with Gasteiger partial charge in [0.25, 0.3) is 5.91 Å². The van der Waals surface area contributed by atoms with Crippen LogP contribution in [0.25, 0.3) is 28.1 Å². The molecule has 0 saturated heterocycles. The average molecular weight is 512 g/mol. The van der Waals surface area contributed by atoms with E-state index < -0.39 is 5.60 Å². The molecule has 1 saturated carbocycles. The maximum absolute atomic E-state index is 13.4. The van der Waals surface area contributed by atoms with Crippen molar-refractivity contribution in [2.45, 2.75) is 58.6 Å². The van der Waals surface area contributed by atoms with Crippen LogP contribution in [0.1, 0.15) is 59.9 Å². The van der Waals surface area contributed by atoms with Crippen LogP contribution in [-0.2, 0) is 6.54 Å². The van der Waals surface area contributed by atoms with Gasteiger partial charge in [-0.05, 0) is 69.9 Å². The second-order valence-electron chi connectivity index (χ2n) is 10.7. The molecule has 38 heavy (non-hydrogen) atoms. The number of aliphatic hydroxyl groups is 1. The van der Waals surface area contributed by atoms with Crippen molar-refractivity contribution in [3.63, 3.8) is 0 Å². The van der Waals surface area contributed by atoms with E-state index in [0.717, 1.165) is 40.9 Å². The van der Waals surface area contributed by atoms with Crippen molar-refractivity contribution < 1.29 is 14.4 Å². The molecule has 6 rings (SSSR count). The van der Waals surface area contributed by atoms with Gasteiger partial charge in [0.2, 0.25) is 0 Å². The van der Waals surface area contributed by atoms with E-state index in [2.05, 4.69) is 25.7 Å². The molecule has 1 fully saturated rings. The van der Waals surface area contributed by atoms with E-state index >= 15 is 0 Å². The first-order valence-electron chi connectivity index (χ1n) is 12.6. The lowest BCUT2D eigenvalue weighted by atomic mass is 10.1. The number of carbonyl (C=O) groups excluding carboxylic acids is 1. The molecule has 1 amide bonds. The maximum atomic E-state index is 13.4. The van der Waals surface area contributed by atoms with E-state index in [1.807, 2.05) is 50.5 Å². The molecule has 194 valence electrons.